The number of hydrogen-bond acceptors (Lipinski definition) is 6. The number of benzene rings is 1. The number of hydrogen-bond donors (Lipinski definition) is 3. The minimum absolute atomic E-state index is 0.0162. The third-order valence-corrected chi connectivity index (χ3v) is 6.14. The van der Waals surface area contributed by atoms with Gasteiger partial charge < -0.3 is 26.0 Å². The topological polar surface area (TPSA) is 127 Å². The van der Waals surface area contributed by atoms with Gasteiger partial charge in [0, 0.05) is 43.0 Å². The second-order valence-corrected chi connectivity index (χ2v) is 8.32. The fourth-order valence-corrected chi connectivity index (χ4v) is 4.34. The van der Waals surface area contributed by atoms with Crippen molar-refractivity contribution in [3.05, 3.63) is 63.7 Å². The van der Waals surface area contributed by atoms with E-state index in [1.165, 1.54) is 6.20 Å². The fourth-order valence-electron chi connectivity index (χ4n) is 4.34. The molecular weight excluding hydrogens is 401 g/mol. The standard InChI is InChI=1S/C22H22FN5O3/c23-17-7-14-19(29)16(22(30)31)9-28(13-5-6-13)20(14)26-21(17)27-8-15(18(25)10-27)11-1-3-12(24)4-2-11/h1-4,7,9,13,15,18H,5-6,8,10,24-25H2,(H,30,31)/t15-,18+/m0/s1. The summed E-state index contributed by atoms with van der Waals surface area (Å²) in [5, 5.41) is 9.35. The van der Waals surface area contributed by atoms with E-state index in [1.807, 2.05) is 24.3 Å². The highest BCUT2D eigenvalue weighted by Crippen LogP contribution is 2.38. The number of carboxylic acids is 1. The average Bonchev–Trinajstić information content (AvgIpc) is 3.50. The van der Waals surface area contributed by atoms with Gasteiger partial charge in [0.15, 0.2) is 11.6 Å². The summed E-state index contributed by atoms with van der Waals surface area (Å²) in [6.07, 6.45) is 3.05. The zero-order chi connectivity index (χ0) is 21.9. The van der Waals surface area contributed by atoms with Crippen molar-refractivity contribution in [1.82, 2.24) is 9.55 Å². The number of halogens is 1. The quantitative estimate of drug-likeness (QED) is 0.548. The van der Waals surface area contributed by atoms with Crippen molar-refractivity contribution in [2.75, 3.05) is 23.7 Å². The van der Waals surface area contributed by atoms with Crippen LogP contribution < -0.4 is 21.8 Å². The highest BCUT2D eigenvalue weighted by atomic mass is 19.1. The molecule has 2 aromatic heterocycles. The number of carbonyl (C=O) groups is 1. The molecule has 160 valence electrons. The highest BCUT2D eigenvalue weighted by molar-refractivity contribution is 5.92. The summed E-state index contributed by atoms with van der Waals surface area (Å²) in [6, 6.07) is 8.42. The van der Waals surface area contributed by atoms with Gasteiger partial charge in [-0.2, -0.15) is 0 Å². The largest absolute Gasteiger partial charge is 0.477 e. The fraction of sp³-hybridized carbons (Fsp3) is 0.318. The average molecular weight is 423 g/mol. The van der Waals surface area contributed by atoms with Gasteiger partial charge in [-0.05, 0) is 36.6 Å². The molecule has 8 nitrogen and oxygen atoms in total. The lowest BCUT2D eigenvalue weighted by Crippen LogP contribution is -2.29. The Kier molecular flexibility index (Phi) is 4.44. The maximum absolute atomic E-state index is 15.1. The smallest absolute Gasteiger partial charge is 0.341 e. The molecule has 3 heterocycles. The van der Waals surface area contributed by atoms with Gasteiger partial charge in [-0.15, -0.1) is 0 Å². The summed E-state index contributed by atoms with van der Waals surface area (Å²) in [5.74, 6) is -1.89. The lowest BCUT2D eigenvalue weighted by atomic mass is 9.95. The van der Waals surface area contributed by atoms with E-state index in [0.29, 0.717) is 24.4 Å². The molecule has 9 heteroatoms. The van der Waals surface area contributed by atoms with Gasteiger partial charge >= 0.3 is 5.97 Å². The Morgan fingerprint density at radius 3 is 2.55 bits per heavy atom. The molecule has 0 radical (unpaired) electrons. The molecule has 2 atom stereocenters. The van der Waals surface area contributed by atoms with Crippen molar-refractivity contribution in [2.45, 2.75) is 30.8 Å². The molecule has 2 aliphatic rings. The number of pyridine rings is 2. The van der Waals surface area contributed by atoms with Crippen LogP contribution in [0.4, 0.5) is 15.9 Å². The van der Waals surface area contributed by atoms with E-state index in [9.17, 15) is 14.7 Å². The van der Waals surface area contributed by atoms with Crippen LogP contribution in [0.3, 0.4) is 0 Å². The molecule has 0 spiro atoms. The van der Waals surface area contributed by atoms with Gasteiger partial charge in [0.25, 0.3) is 0 Å². The number of anilines is 2. The van der Waals surface area contributed by atoms with Gasteiger partial charge in [-0.3, -0.25) is 4.79 Å². The van der Waals surface area contributed by atoms with E-state index in [-0.39, 0.29) is 34.8 Å². The Morgan fingerprint density at radius 1 is 1.19 bits per heavy atom. The first-order valence-corrected chi connectivity index (χ1v) is 10.2. The molecular formula is C22H22FN5O3. The molecule has 2 fully saturated rings. The highest BCUT2D eigenvalue weighted by Gasteiger charge is 2.34. The number of nitrogens with zero attached hydrogens (tertiary/aromatic N) is 3. The molecule has 3 aromatic rings. The molecule has 0 unspecified atom stereocenters. The van der Waals surface area contributed by atoms with Crippen molar-refractivity contribution >= 4 is 28.5 Å². The van der Waals surface area contributed by atoms with Crippen LogP contribution in [0.5, 0.6) is 0 Å². The molecule has 5 rings (SSSR count). The van der Waals surface area contributed by atoms with Crippen molar-refractivity contribution in [2.24, 2.45) is 5.73 Å². The third kappa shape index (κ3) is 3.31. The van der Waals surface area contributed by atoms with E-state index in [4.69, 9.17) is 11.5 Å². The van der Waals surface area contributed by atoms with Gasteiger partial charge in [0.2, 0.25) is 5.43 Å². The predicted molar refractivity (Wildman–Crippen MR) is 115 cm³/mol. The maximum atomic E-state index is 15.1. The number of carboxylic acid groups (broad SMARTS) is 1. The van der Waals surface area contributed by atoms with Crippen LogP contribution in [0.1, 0.15) is 40.7 Å². The molecule has 1 aliphatic carbocycles. The normalized spacial score (nSPS) is 21.0. The van der Waals surface area contributed by atoms with Crippen LogP contribution in [0.2, 0.25) is 0 Å². The lowest BCUT2D eigenvalue weighted by molar-refractivity contribution is 0.0695. The lowest BCUT2D eigenvalue weighted by Gasteiger charge is -2.20. The number of rotatable bonds is 4. The van der Waals surface area contributed by atoms with E-state index in [2.05, 4.69) is 4.98 Å². The van der Waals surface area contributed by atoms with Gasteiger partial charge in [-0.25, -0.2) is 14.2 Å². The number of aromatic carboxylic acids is 1. The molecule has 1 saturated heterocycles. The summed E-state index contributed by atoms with van der Waals surface area (Å²) >= 11 is 0. The second-order valence-electron chi connectivity index (χ2n) is 8.32. The van der Waals surface area contributed by atoms with Crippen molar-refractivity contribution in [3.63, 3.8) is 0 Å². The Morgan fingerprint density at radius 2 is 1.90 bits per heavy atom. The summed E-state index contributed by atoms with van der Waals surface area (Å²) < 4.78 is 16.8. The van der Waals surface area contributed by atoms with Crippen LogP contribution in [-0.4, -0.2) is 39.8 Å². The number of aromatic nitrogens is 2. The van der Waals surface area contributed by atoms with Crippen LogP contribution in [0.25, 0.3) is 11.0 Å². The summed E-state index contributed by atoms with van der Waals surface area (Å²) in [6.45, 7) is 0.882. The second kappa shape index (κ2) is 7.05. The van der Waals surface area contributed by atoms with Gasteiger partial charge in [0.1, 0.15) is 11.2 Å². The summed E-state index contributed by atoms with van der Waals surface area (Å²) in [4.78, 5) is 30.4. The van der Waals surface area contributed by atoms with Crippen molar-refractivity contribution in [1.29, 1.82) is 0 Å². The zero-order valence-electron chi connectivity index (χ0n) is 16.7. The van der Waals surface area contributed by atoms with Crippen LogP contribution in [0.15, 0.2) is 41.3 Å². The molecule has 1 aliphatic heterocycles. The van der Waals surface area contributed by atoms with Crippen molar-refractivity contribution in [3.8, 4) is 0 Å². The molecule has 0 amide bonds. The molecule has 5 N–H and O–H groups in total. The first kappa shape index (κ1) is 19.5. The number of fused-ring (bicyclic) bond motifs is 1. The Hall–Kier alpha value is -3.46. The number of nitrogens with two attached hydrogens (primary N) is 2. The molecule has 1 saturated carbocycles. The summed E-state index contributed by atoms with van der Waals surface area (Å²) in [5.41, 5.74) is 13.0. The SMILES string of the molecule is Nc1ccc([C@@H]2CN(c3nc4c(cc3F)c(=O)c(C(=O)O)cn4C3CC3)C[C@H]2N)cc1. The Bertz CT molecular complexity index is 1250. The first-order chi connectivity index (χ1) is 14.8. The zero-order valence-corrected chi connectivity index (χ0v) is 16.7. The van der Waals surface area contributed by atoms with E-state index < -0.39 is 17.2 Å². The minimum atomic E-state index is -1.33. The maximum Gasteiger partial charge on any atom is 0.341 e. The molecule has 0 bridgehead atoms. The van der Waals surface area contributed by atoms with Crippen LogP contribution >= 0.6 is 0 Å². The van der Waals surface area contributed by atoms with E-state index in [0.717, 1.165) is 24.5 Å². The monoisotopic (exact) mass is 423 g/mol. The predicted octanol–water partition coefficient (Wildman–Crippen LogP) is 2.08. The number of nitrogen functional groups attached to an aromatic ring is 1. The van der Waals surface area contributed by atoms with E-state index >= 15 is 4.39 Å². The van der Waals surface area contributed by atoms with Crippen molar-refractivity contribution < 1.29 is 14.3 Å². The van der Waals surface area contributed by atoms with Gasteiger partial charge in [0.05, 0.1) is 5.39 Å². The Balaban J connectivity index is 1.58. The van der Waals surface area contributed by atoms with E-state index in [1.54, 1.807) is 9.47 Å². The third-order valence-electron chi connectivity index (χ3n) is 6.14. The molecule has 1 aromatic carbocycles. The van der Waals surface area contributed by atoms with Crippen LogP contribution in [0, 0.1) is 5.82 Å². The Labute approximate surface area is 176 Å². The first-order valence-electron chi connectivity index (χ1n) is 10.2. The summed E-state index contributed by atoms with van der Waals surface area (Å²) in [7, 11) is 0. The molecule has 31 heavy (non-hydrogen) atoms. The minimum Gasteiger partial charge on any atom is -0.477 e. The van der Waals surface area contributed by atoms with Crippen LogP contribution in [-0.2, 0) is 0 Å². The van der Waals surface area contributed by atoms with Gasteiger partial charge in [-0.1, -0.05) is 12.1 Å².